The summed E-state index contributed by atoms with van der Waals surface area (Å²) in [5.41, 5.74) is 1.90. The van der Waals surface area contributed by atoms with Crippen molar-refractivity contribution in [2.45, 2.75) is 36.0 Å². The predicted molar refractivity (Wildman–Crippen MR) is 86.9 cm³/mol. The Hall–Kier alpha value is -2.05. The lowest BCUT2D eigenvalue weighted by molar-refractivity contribution is -0.0484. The standard InChI is InChI=1S/C19H19NO5/c1-20-4-3-10-7-18(22-2)8-19(18)15(16(10)20)11-5-13-14(24-9-23-13)6-12(11)17(21)25-19/h5-7,15-16H,3-4,8-9H2,1-2H3/t15-,16+,18-,19-/m0/s1. The topological polar surface area (TPSA) is 57.2 Å². The summed E-state index contributed by atoms with van der Waals surface area (Å²) in [5, 5.41) is 0. The van der Waals surface area contributed by atoms with E-state index in [0.717, 1.165) is 18.5 Å². The number of esters is 1. The molecule has 2 fully saturated rings. The molecule has 3 heterocycles. The van der Waals surface area contributed by atoms with Crippen molar-refractivity contribution in [3.05, 3.63) is 34.9 Å². The lowest BCUT2D eigenvalue weighted by atomic mass is 9.73. The molecule has 1 saturated carbocycles. The zero-order valence-corrected chi connectivity index (χ0v) is 14.2. The van der Waals surface area contributed by atoms with Crippen molar-refractivity contribution in [3.8, 4) is 11.5 Å². The minimum Gasteiger partial charge on any atom is -0.454 e. The number of carbonyl (C=O) groups is 1. The largest absolute Gasteiger partial charge is 0.454 e. The third-order valence-corrected chi connectivity index (χ3v) is 6.70. The van der Waals surface area contributed by atoms with Gasteiger partial charge in [0.25, 0.3) is 0 Å². The molecule has 0 bridgehead atoms. The molecular formula is C19H19NO5. The van der Waals surface area contributed by atoms with Gasteiger partial charge in [0.1, 0.15) is 5.60 Å². The molecule has 3 aliphatic heterocycles. The highest BCUT2D eigenvalue weighted by Gasteiger charge is 2.79. The van der Waals surface area contributed by atoms with Gasteiger partial charge in [-0.05, 0) is 37.2 Å². The molecule has 6 heteroatoms. The summed E-state index contributed by atoms with van der Waals surface area (Å²) in [6.07, 6.45) is 3.98. The number of hydrogen-bond acceptors (Lipinski definition) is 6. The van der Waals surface area contributed by atoms with E-state index in [-0.39, 0.29) is 24.7 Å². The van der Waals surface area contributed by atoms with Crippen LogP contribution in [0.4, 0.5) is 0 Å². The number of carbonyl (C=O) groups excluding carboxylic acids is 1. The minimum absolute atomic E-state index is 0.0575. The van der Waals surface area contributed by atoms with Gasteiger partial charge in [0, 0.05) is 32.0 Å². The van der Waals surface area contributed by atoms with E-state index in [9.17, 15) is 4.79 Å². The van der Waals surface area contributed by atoms with Crippen molar-refractivity contribution in [3.63, 3.8) is 0 Å². The maximum absolute atomic E-state index is 12.8. The van der Waals surface area contributed by atoms with E-state index in [0.29, 0.717) is 23.5 Å². The van der Waals surface area contributed by atoms with E-state index in [2.05, 4.69) is 18.0 Å². The molecule has 0 aromatic heterocycles. The molecule has 1 aromatic carbocycles. The Morgan fingerprint density at radius 1 is 1.28 bits per heavy atom. The van der Waals surface area contributed by atoms with Crippen molar-refractivity contribution in [1.82, 2.24) is 4.90 Å². The van der Waals surface area contributed by atoms with Gasteiger partial charge in [-0.1, -0.05) is 5.57 Å². The van der Waals surface area contributed by atoms with E-state index >= 15 is 0 Å². The summed E-state index contributed by atoms with van der Waals surface area (Å²) < 4.78 is 23.0. The monoisotopic (exact) mass is 341 g/mol. The van der Waals surface area contributed by atoms with Gasteiger partial charge in [-0.15, -0.1) is 0 Å². The Morgan fingerprint density at radius 2 is 2.08 bits per heavy atom. The Kier molecular flexibility index (Phi) is 2.37. The first-order valence-electron chi connectivity index (χ1n) is 8.72. The van der Waals surface area contributed by atoms with Crippen LogP contribution in [-0.2, 0) is 9.47 Å². The van der Waals surface area contributed by atoms with E-state index in [1.165, 1.54) is 5.57 Å². The molecule has 6 rings (SSSR count). The van der Waals surface area contributed by atoms with Crippen molar-refractivity contribution in [2.24, 2.45) is 0 Å². The van der Waals surface area contributed by atoms with E-state index < -0.39 is 11.2 Å². The second-order valence-corrected chi connectivity index (χ2v) is 7.71. The van der Waals surface area contributed by atoms with Crippen molar-refractivity contribution in [1.29, 1.82) is 0 Å². The number of rotatable bonds is 1. The summed E-state index contributed by atoms with van der Waals surface area (Å²) in [6, 6.07) is 3.99. The Morgan fingerprint density at radius 3 is 2.88 bits per heavy atom. The molecule has 2 aliphatic carbocycles. The maximum atomic E-state index is 12.8. The molecule has 0 amide bonds. The van der Waals surface area contributed by atoms with E-state index in [4.69, 9.17) is 18.9 Å². The van der Waals surface area contributed by atoms with Crippen LogP contribution < -0.4 is 9.47 Å². The average molecular weight is 341 g/mol. The summed E-state index contributed by atoms with van der Waals surface area (Å²) >= 11 is 0. The molecule has 1 saturated heterocycles. The predicted octanol–water partition coefficient (Wildman–Crippen LogP) is 1.84. The average Bonchev–Trinajstić information content (AvgIpc) is 2.87. The highest BCUT2D eigenvalue weighted by Crippen LogP contribution is 2.69. The van der Waals surface area contributed by atoms with Crippen molar-refractivity contribution >= 4 is 5.97 Å². The highest BCUT2D eigenvalue weighted by molar-refractivity contribution is 5.95. The first-order chi connectivity index (χ1) is 12.1. The van der Waals surface area contributed by atoms with Gasteiger partial charge >= 0.3 is 5.97 Å². The first kappa shape index (κ1) is 14.2. The molecule has 0 N–H and O–H groups in total. The highest BCUT2D eigenvalue weighted by atomic mass is 16.7. The normalized spacial score (nSPS) is 39.8. The second-order valence-electron chi connectivity index (χ2n) is 7.71. The number of nitrogens with zero attached hydrogens (tertiary/aromatic N) is 1. The molecule has 130 valence electrons. The zero-order valence-electron chi connectivity index (χ0n) is 14.2. The number of likely N-dealkylation sites (tertiary alicyclic amines) is 1. The fourth-order valence-electron chi connectivity index (χ4n) is 5.47. The van der Waals surface area contributed by atoms with Crippen LogP contribution in [0, 0.1) is 0 Å². The lowest BCUT2D eigenvalue weighted by Gasteiger charge is -2.44. The molecule has 1 spiro atoms. The SMILES string of the molecule is CO[C@]12C=C3CCN(C)[C@H]3[C@@H]3c4cc5c(cc4C(=O)O[C@@]31C2)OCO5. The third-order valence-electron chi connectivity index (χ3n) is 6.70. The molecule has 0 unspecified atom stereocenters. The molecule has 4 atom stereocenters. The van der Waals surface area contributed by atoms with Gasteiger partial charge in [-0.3, -0.25) is 4.90 Å². The summed E-state index contributed by atoms with van der Waals surface area (Å²) in [4.78, 5) is 15.2. The summed E-state index contributed by atoms with van der Waals surface area (Å²) in [5.74, 6) is 1.10. The molecule has 25 heavy (non-hydrogen) atoms. The lowest BCUT2D eigenvalue weighted by Crippen LogP contribution is -2.51. The van der Waals surface area contributed by atoms with Gasteiger partial charge in [-0.2, -0.15) is 0 Å². The number of fused-ring (bicyclic) bond motifs is 5. The van der Waals surface area contributed by atoms with Crippen molar-refractivity contribution < 1.29 is 23.7 Å². The fraction of sp³-hybridized carbons (Fsp3) is 0.526. The minimum atomic E-state index is -0.605. The van der Waals surface area contributed by atoms with Gasteiger partial charge in [0.05, 0.1) is 5.56 Å². The number of methoxy groups -OCH3 is 1. The smallest absolute Gasteiger partial charge is 0.339 e. The Balaban J connectivity index is 1.61. The zero-order chi connectivity index (χ0) is 17.0. The molecule has 5 aliphatic rings. The van der Waals surface area contributed by atoms with Crippen LogP contribution in [0.3, 0.4) is 0 Å². The van der Waals surface area contributed by atoms with Crippen LogP contribution in [0.1, 0.15) is 34.7 Å². The van der Waals surface area contributed by atoms with Crippen molar-refractivity contribution in [2.75, 3.05) is 27.5 Å². The van der Waals surface area contributed by atoms with Crippen LogP contribution in [0.2, 0.25) is 0 Å². The number of ether oxygens (including phenoxy) is 4. The summed E-state index contributed by atoms with van der Waals surface area (Å²) in [6.45, 7) is 1.20. The number of hydrogen-bond donors (Lipinski definition) is 0. The van der Waals surface area contributed by atoms with Crippen LogP contribution in [0.25, 0.3) is 0 Å². The fourth-order valence-corrected chi connectivity index (χ4v) is 5.47. The molecule has 1 aromatic rings. The molecule has 0 radical (unpaired) electrons. The van der Waals surface area contributed by atoms with E-state index in [1.807, 2.05) is 6.07 Å². The third kappa shape index (κ3) is 1.48. The number of benzene rings is 1. The van der Waals surface area contributed by atoms with Crippen LogP contribution in [-0.4, -0.2) is 55.6 Å². The van der Waals surface area contributed by atoms with Gasteiger partial charge < -0.3 is 18.9 Å². The Labute approximate surface area is 145 Å². The van der Waals surface area contributed by atoms with Gasteiger partial charge in [-0.25, -0.2) is 4.79 Å². The molecular weight excluding hydrogens is 322 g/mol. The summed E-state index contributed by atoms with van der Waals surface area (Å²) in [7, 11) is 3.86. The molecule has 6 nitrogen and oxygen atoms in total. The quantitative estimate of drug-likeness (QED) is 0.574. The van der Waals surface area contributed by atoms with E-state index in [1.54, 1.807) is 13.2 Å². The van der Waals surface area contributed by atoms with Crippen LogP contribution >= 0.6 is 0 Å². The maximum Gasteiger partial charge on any atom is 0.339 e. The number of likely N-dealkylation sites (N-methyl/N-ethyl adjacent to an activating group) is 1. The van der Waals surface area contributed by atoms with Crippen LogP contribution in [0.15, 0.2) is 23.8 Å². The first-order valence-corrected chi connectivity index (χ1v) is 8.72. The van der Waals surface area contributed by atoms with Crippen LogP contribution in [0.5, 0.6) is 11.5 Å². The van der Waals surface area contributed by atoms with Gasteiger partial charge in [0.2, 0.25) is 6.79 Å². The Bertz CT molecular complexity index is 864. The second kappa shape index (κ2) is 4.19. The van der Waals surface area contributed by atoms with Gasteiger partial charge in [0.15, 0.2) is 17.1 Å².